The van der Waals surface area contributed by atoms with Crippen LogP contribution in [0.25, 0.3) is 0 Å². The standard InChI is InChI=1S/C2H10O13P4/c1-11-19(10,12-2)15-18(8,9)14-17(6,7)13-16(3,4)5/h1-2H3,(H,6,7)(H,8,9)(H2,3,4,5). The summed E-state index contributed by atoms with van der Waals surface area (Å²) >= 11 is 0. The van der Waals surface area contributed by atoms with Crippen molar-refractivity contribution in [1.29, 1.82) is 0 Å². The average Bonchev–Trinajstić information content (AvgIpc) is 2.10. The maximum atomic E-state index is 11.3. The highest BCUT2D eigenvalue weighted by molar-refractivity contribution is 7.69. The molecule has 0 rings (SSSR count). The Morgan fingerprint density at radius 2 is 1.05 bits per heavy atom. The molecule has 0 aromatic carbocycles. The molecule has 0 saturated heterocycles. The molecule has 0 aromatic rings. The minimum atomic E-state index is -5.68. The minimum Gasteiger partial charge on any atom is -0.302 e. The highest BCUT2D eigenvalue weighted by Crippen LogP contribution is 2.71. The fraction of sp³-hybridized carbons (Fsp3) is 1.00. The van der Waals surface area contributed by atoms with E-state index in [2.05, 4.69) is 22.0 Å². The summed E-state index contributed by atoms with van der Waals surface area (Å²) in [5.74, 6) is 0. The molecule has 13 nitrogen and oxygen atoms in total. The van der Waals surface area contributed by atoms with Gasteiger partial charge >= 0.3 is 31.3 Å². The zero-order valence-corrected chi connectivity index (χ0v) is 12.8. The Morgan fingerprint density at radius 1 is 0.684 bits per heavy atom. The van der Waals surface area contributed by atoms with Crippen molar-refractivity contribution in [2.45, 2.75) is 0 Å². The van der Waals surface area contributed by atoms with E-state index in [1.165, 1.54) is 0 Å². The molecule has 0 fully saturated rings. The van der Waals surface area contributed by atoms with E-state index in [1.807, 2.05) is 0 Å². The van der Waals surface area contributed by atoms with E-state index in [4.69, 9.17) is 19.6 Å². The molecule has 19 heavy (non-hydrogen) atoms. The summed E-state index contributed by atoms with van der Waals surface area (Å²) in [6, 6.07) is 0. The first-order valence-corrected chi connectivity index (χ1v) is 9.79. The van der Waals surface area contributed by atoms with Gasteiger partial charge in [0.25, 0.3) is 0 Å². The highest BCUT2D eigenvalue weighted by atomic mass is 31.3. The molecule has 0 heterocycles. The van der Waals surface area contributed by atoms with Crippen LogP contribution < -0.4 is 0 Å². The highest BCUT2D eigenvalue weighted by Gasteiger charge is 2.45. The summed E-state index contributed by atoms with van der Waals surface area (Å²) in [6.45, 7) is 0. The molecule has 4 N–H and O–H groups in total. The molecular formula is C2H10O13P4. The Labute approximate surface area is 106 Å². The van der Waals surface area contributed by atoms with Crippen LogP contribution in [0.15, 0.2) is 0 Å². The monoisotopic (exact) mass is 366 g/mol. The number of phosphoric acid groups is 4. The van der Waals surface area contributed by atoms with Crippen LogP contribution in [0.5, 0.6) is 0 Å². The molecule has 17 heteroatoms. The first-order valence-electron chi connectivity index (χ1n) is 3.81. The summed E-state index contributed by atoms with van der Waals surface area (Å²) in [5, 5.41) is 0. The maximum Gasteiger partial charge on any atom is 0.490 e. The summed E-state index contributed by atoms with van der Waals surface area (Å²) < 4.78 is 62.3. The Balaban J connectivity index is 4.97. The molecule has 116 valence electrons. The average molecular weight is 366 g/mol. The van der Waals surface area contributed by atoms with Crippen LogP contribution in [-0.4, -0.2) is 33.8 Å². The van der Waals surface area contributed by atoms with E-state index in [-0.39, 0.29) is 0 Å². The molecule has 2 atom stereocenters. The number of hydrogen-bond acceptors (Lipinski definition) is 9. The lowest BCUT2D eigenvalue weighted by atomic mass is 11.8. The van der Waals surface area contributed by atoms with E-state index in [0.29, 0.717) is 0 Å². The summed E-state index contributed by atoms with van der Waals surface area (Å²) in [5.41, 5.74) is 0. The van der Waals surface area contributed by atoms with Crippen molar-refractivity contribution in [2.75, 3.05) is 14.2 Å². The topological polar surface area (TPSA) is 195 Å². The van der Waals surface area contributed by atoms with Crippen molar-refractivity contribution in [2.24, 2.45) is 0 Å². The van der Waals surface area contributed by atoms with E-state index in [1.54, 1.807) is 0 Å². The minimum absolute atomic E-state index is 0.759. The lowest BCUT2D eigenvalue weighted by Gasteiger charge is -2.18. The molecule has 2 unspecified atom stereocenters. The van der Waals surface area contributed by atoms with Gasteiger partial charge in [0.2, 0.25) is 0 Å². The number of phosphoric ester groups is 1. The maximum absolute atomic E-state index is 11.3. The Morgan fingerprint density at radius 3 is 1.37 bits per heavy atom. The zero-order valence-electron chi connectivity index (χ0n) is 9.25. The third-order valence-corrected chi connectivity index (χ3v) is 6.91. The van der Waals surface area contributed by atoms with Crippen molar-refractivity contribution in [3.8, 4) is 0 Å². The number of rotatable bonds is 8. The Bertz CT molecular complexity index is 479. The van der Waals surface area contributed by atoms with Crippen LogP contribution in [-0.2, 0) is 40.2 Å². The van der Waals surface area contributed by atoms with Gasteiger partial charge in [0, 0.05) is 14.2 Å². The van der Waals surface area contributed by atoms with Crippen LogP contribution in [0.4, 0.5) is 0 Å². The van der Waals surface area contributed by atoms with Gasteiger partial charge in [0.1, 0.15) is 0 Å². The van der Waals surface area contributed by atoms with Crippen molar-refractivity contribution in [1.82, 2.24) is 0 Å². The zero-order chi connectivity index (χ0) is 15.5. The van der Waals surface area contributed by atoms with Crippen molar-refractivity contribution in [3.05, 3.63) is 0 Å². The van der Waals surface area contributed by atoms with Crippen LogP contribution in [0, 0.1) is 0 Å². The second-order valence-corrected chi connectivity index (χ2v) is 8.92. The van der Waals surface area contributed by atoms with Gasteiger partial charge < -0.3 is 19.6 Å². The molecule has 0 spiro atoms. The molecule has 0 aliphatic rings. The molecule has 0 bridgehead atoms. The van der Waals surface area contributed by atoms with Crippen LogP contribution in [0.3, 0.4) is 0 Å². The molecular weight excluding hydrogens is 356 g/mol. The summed E-state index contributed by atoms with van der Waals surface area (Å²) in [7, 11) is -19.8. The van der Waals surface area contributed by atoms with Crippen molar-refractivity contribution < 1.29 is 59.8 Å². The van der Waals surface area contributed by atoms with Gasteiger partial charge in [-0.15, -0.1) is 0 Å². The Kier molecular flexibility index (Phi) is 6.74. The van der Waals surface area contributed by atoms with Crippen LogP contribution >= 0.6 is 31.3 Å². The Hall–Kier alpha value is 0.560. The summed E-state index contributed by atoms with van der Waals surface area (Å²) in [6.07, 6.45) is 0. The normalized spacial score (nSPS) is 19.7. The third kappa shape index (κ3) is 8.44. The predicted molar refractivity (Wildman–Crippen MR) is 56.6 cm³/mol. The smallest absolute Gasteiger partial charge is 0.302 e. The molecule has 0 amide bonds. The molecule has 0 aliphatic heterocycles. The largest absolute Gasteiger partial charge is 0.490 e. The quantitative estimate of drug-likeness (QED) is 0.439. The van der Waals surface area contributed by atoms with E-state index < -0.39 is 31.3 Å². The summed E-state index contributed by atoms with van der Waals surface area (Å²) in [4.78, 5) is 34.2. The van der Waals surface area contributed by atoms with Gasteiger partial charge in [-0.05, 0) is 0 Å². The van der Waals surface area contributed by atoms with Gasteiger partial charge in [-0.2, -0.15) is 12.9 Å². The van der Waals surface area contributed by atoms with Gasteiger partial charge in [0.05, 0.1) is 0 Å². The molecule has 0 aliphatic carbocycles. The van der Waals surface area contributed by atoms with Crippen molar-refractivity contribution in [3.63, 3.8) is 0 Å². The first-order chi connectivity index (χ1) is 8.24. The van der Waals surface area contributed by atoms with Crippen molar-refractivity contribution >= 4 is 31.3 Å². The van der Waals surface area contributed by atoms with Crippen LogP contribution in [0.1, 0.15) is 0 Å². The van der Waals surface area contributed by atoms with Gasteiger partial charge in [-0.1, -0.05) is 0 Å². The van der Waals surface area contributed by atoms with E-state index >= 15 is 0 Å². The second kappa shape index (κ2) is 6.55. The fourth-order valence-electron chi connectivity index (χ4n) is 0.562. The van der Waals surface area contributed by atoms with E-state index in [9.17, 15) is 18.3 Å². The first kappa shape index (κ1) is 19.6. The van der Waals surface area contributed by atoms with Crippen LogP contribution in [0.2, 0.25) is 0 Å². The second-order valence-electron chi connectivity index (χ2n) is 2.48. The van der Waals surface area contributed by atoms with Gasteiger partial charge in [0.15, 0.2) is 0 Å². The molecule has 0 saturated carbocycles. The van der Waals surface area contributed by atoms with E-state index in [0.717, 1.165) is 14.2 Å². The predicted octanol–water partition coefficient (Wildman–Crippen LogP) is 0.731. The fourth-order valence-corrected chi connectivity index (χ4v) is 5.15. The number of hydrogen-bond donors (Lipinski definition) is 4. The molecule has 0 radical (unpaired) electrons. The lowest BCUT2D eigenvalue weighted by molar-refractivity contribution is 0.172. The SMILES string of the molecule is COP(=O)(OC)OP(=O)(O)OP(=O)(O)OP(=O)(O)O. The lowest BCUT2D eigenvalue weighted by Crippen LogP contribution is -1.98. The van der Waals surface area contributed by atoms with Gasteiger partial charge in [-0.25, -0.2) is 18.3 Å². The van der Waals surface area contributed by atoms with Gasteiger partial charge in [-0.3, -0.25) is 9.05 Å². The molecule has 0 aromatic heterocycles. The third-order valence-electron chi connectivity index (χ3n) is 1.07.